The van der Waals surface area contributed by atoms with Crippen LogP contribution in [0.15, 0.2) is 41.6 Å². The van der Waals surface area contributed by atoms with Gasteiger partial charge in [-0.3, -0.25) is 0 Å². The minimum absolute atomic E-state index is 0.0377. The molecule has 1 aliphatic heterocycles. The molecule has 1 atom stereocenters. The van der Waals surface area contributed by atoms with Crippen molar-refractivity contribution in [2.24, 2.45) is 5.92 Å². The molecule has 0 saturated carbocycles. The van der Waals surface area contributed by atoms with Crippen molar-refractivity contribution in [3.63, 3.8) is 0 Å². The maximum Gasteiger partial charge on any atom is 0.224 e. The molecule has 176 valence electrons. The van der Waals surface area contributed by atoms with E-state index in [1.165, 1.54) is 6.26 Å². The third-order valence-electron chi connectivity index (χ3n) is 5.66. The number of hydrogen-bond donors (Lipinski definition) is 0. The van der Waals surface area contributed by atoms with Crippen molar-refractivity contribution in [2.45, 2.75) is 37.2 Å². The summed E-state index contributed by atoms with van der Waals surface area (Å²) in [5.41, 5.74) is 2.35. The summed E-state index contributed by atoms with van der Waals surface area (Å²) < 4.78 is 40.6. The molecule has 0 spiro atoms. The standard InChI is InChI=1S/C24H29N3O5S/c1-16(15-30-2)12-22-25-14-21-23(27-22)20(17-4-6-19(7-5-17)33(3,28)29)13-26-24(21)32-18-8-10-31-11-9-18/h4-7,13-14,16,18H,8-12,15H2,1-3H3/t16-/m1/s1. The van der Waals surface area contributed by atoms with Crippen molar-refractivity contribution in [1.29, 1.82) is 0 Å². The molecule has 1 saturated heterocycles. The van der Waals surface area contributed by atoms with E-state index in [2.05, 4.69) is 16.9 Å². The van der Waals surface area contributed by atoms with E-state index in [9.17, 15) is 8.42 Å². The Bertz CT molecular complexity index is 1210. The molecule has 3 aromatic rings. The summed E-state index contributed by atoms with van der Waals surface area (Å²) in [6.45, 7) is 4.06. The number of aromatic nitrogens is 3. The molecule has 0 aliphatic carbocycles. The Hall–Kier alpha value is -2.62. The number of sulfone groups is 1. The van der Waals surface area contributed by atoms with E-state index in [-0.39, 0.29) is 16.9 Å². The van der Waals surface area contributed by atoms with Crippen LogP contribution in [-0.4, -0.2) is 62.7 Å². The number of fused-ring (bicyclic) bond motifs is 1. The second-order valence-corrected chi connectivity index (χ2v) is 10.5. The molecule has 1 aliphatic rings. The van der Waals surface area contributed by atoms with E-state index in [0.29, 0.717) is 37.9 Å². The fourth-order valence-electron chi connectivity index (χ4n) is 3.93. The predicted octanol–water partition coefficient (Wildman–Crippen LogP) is 3.48. The molecule has 1 aromatic carbocycles. The molecule has 0 amide bonds. The highest BCUT2D eigenvalue weighted by molar-refractivity contribution is 7.90. The van der Waals surface area contributed by atoms with E-state index < -0.39 is 9.84 Å². The number of pyridine rings is 1. The number of hydrogen-bond acceptors (Lipinski definition) is 8. The van der Waals surface area contributed by atoms with Gasteiger partial charge in [0.15, 0.2) is 9.84 Å². The largest absolute Gasteiger partial charge is 0.474 e. The van der Waals surface area contributed by atoms with Gasteiger partial charge in [0, 0.05) is 57.2 Å². The van der Waals surface area contributed by atoms with Gasteiger partial charge < -0.3 is 14.2 Å². The van der Waals surface area contributed by atoms with Gasteiger partial charge in [0.2, 0.25) is 5.88 Å². The lowest BCUT2D eigenvalue weighted by atomic mass is 10.0. The highest BCUT2D eigenvalue weighted by Crippen LogP contribution is 2.33. The molecule has 33 heavy (non-hydrogen) atoms. The number of nitrogens with zero attached hydrogens (tertiary/aromatic N) is 3. The monoisotopic (exact) mass is 471 g/mol. The summed E-state index contributed by atoms with van der Waals surface area (Å²) in [5, 5.41) is 0.731. The van der Waals surface area contributed by atoms with Gasteiger partial charge >= 0.3 is 0 Å². The predicted molar refractivity (Wildman–Crippen MR) is 125 cm³/mol. The first-order chi connectivity index (χ1) is 15.8. The lowest BCUT2D eigenvalue weighted by Crippen LogP contribution is -2.26. The molecule has 1 fully saturated rings. The zero-order valence-corrected chi connectivity index (χ0v) is 20.0. The van der Waals surface area contributed by atoms with Crippen molar-refractivity contribution in [1.82, 2.24) is 15.0 Å². The number of ether oxygens (including phenoxy) is 3. The second kappa shape index (κ2) is 10.1. The normalized spacial score (nSPS) is 16.1. The lowest BCUT2D eigenvalue weighted by molar-refractivity contribution is 0.0244. The maximum atomic E-state index is 11.9. The highest BCUT2D eigenvalue weighted by atomic mass is 32.2. The minimum atomic E-state index is -3.28. The lowest BCUT2D eigenvalue weighted by Gasteiger charge is -2.23. The van der Waals surface area contributed by atoms with E-state index in [1.54, 1.807) is 43.8 Å². The van der Waals surface area contributed by atoms with Gasteiger partial charge in [-0.25, -0.2) is 23.4 Å². The molecule has 4 rings (SSSR count). The summed E-state index contributed by atoms with van der Waals surface area (Å²) in [7, 11) is -1.59. The van der Waals surface area contributed by atoms with Crippen molar-refractivity contribution in [2.75, 3.05) is 33.2 Å². The average molecular weight is 472 g/mol. The second-order valence-electron chi connectivity index (χ2n) is 8.52. The number of benzene rings is 1. The molecule has 0 bridgehead atoms. The molecule has 0 unspecified atom stereocenters. The van der Waals surface area contributed by atoms with Crippen LogP contribution in [0.5, 0.6) is 5.88 Å². The smallest absolute Gasteiger partial charge is 0.224 e. The Balaban J connectivity index is 1.76. The fourth-order valence-corrected chi connectivity index (χ4v) is 4.56. The number of rotatable bonds is 8. The third-order valence-corrected chi connectivity index (χ3v) is 6.79. The van der Waals surface area contributed by atoms with Gasteiger partial charge in [-0.05, 0) is 23.6 Å². The molecule has 8 nitrogen and oxygen atoms in total. The van der Waals surface area contributed by atoms with E-state index in [1.807, 2.05) is 0 Å². The molecule has 0 N–H and O–H groups in total. The Morgan fingerprint density at radius 1 is 1.12 bits per heavy atom. The van der Waals surface area contributed by atoms with Crippen LogP contribution in [0.2, 0.25) is 0 Å². The van der Waals surface area contributed by atoms with E-state index in [0.717, 1.165) is 34.9 Å². The van der Waals surface area contributed by atoms with Crippen LogP contribution < -0.4 is 4.74 Å². The van der Waals surface area contributed by atoms with Crippen molar-refractivity contribution in [3.05, 3.63) is 42.5 Å². The van der Waals surface area contributed by atoms with Crippen molar-refractivity contribution >= 4 is 20.7 Å². The van der Waals surface area contributed by atoms with E-state index >= 15 is 0 Å². The molecule has 0 radical (unpaired) electrons. The van der Waals surface area contributed by atoms with Gasteiger partial charge in [0.05, 0.1) is 29.0 Å². The van der Waals surface area contributed by atoms with Gasteiger partial charge in [0.25, 0.3) is 0 Å². The Morgan fingerprint density at radius 3 is 2.52 bits per heavy atom. The fraction of sp³-hybridized carbons (Fsp3) is 0.458. The minimum Gasteiger partial charge on any atom is -0.474 e. The van der Waals surface area contributed by atoms with Crippen molar-refractivity contribution in [3.8, 4) is 17.0 Å². The van der Waals surface area contributed by atoms with Crippen LogP contribution in [0, 0.1) is 5.92 Å². The van der Waals surface area contributed by atoms with Gasteiger partial charge in [-0.15, -0.1) is 0 Å². The van der Waals surface area contributed by atoms with Crippen LogP contribution in [-0.2, 0) is 25.7 Å². The van der Waals surface area contributed by atoms with Gasteiger partial charge in [0.1, 0.15) is 11.9 Å². The summed E-state index contributed by atoms with van der Waals surface area (Å²) in [6, 6.07) is 6.76. The quantitative estimate of drug-likeness (QED) is 0.492. The molecular formula is C24H29N3O5S. The first-order valence-electron chi connectivity index (χ1n) is 11.0. The zero-order valence-electron chi connectivity index (χ0n) is 19.2. The van der Waals surface area contributed by atoms with Crippen molar-refractivity contribution < 1.29 is 22.6 Å². The SMILES string of the molecule is COC[C@H](C)Cc1ncc2c(OC3CCOCC3)ncc(-c3ccc(S(C)(=O)=O)cc3)c2n1. The average Bonchev–Trinajstić information content (AvgIpc) is 2.79. The first kappa shape index (κ1) is 23.5. The topological polar surface area (TPSA) is 100 Å². The number of methoxy groups -OCH3 is 1. The molecule has 2 aromatic heterocycles. The van der Waals surface area contributed by atoms with E-state index in [4.69, 9.17) is 19.2 Å². The summed E-state index contributed by atoms with van der Waals surface area (Å²) in [6.07, 6.45) is 7.04. The maximum absolute atomic E-state index is 11.9. The van der Waals surface area contributed by atoms with Gasteiger partial charge in [-0.2, -0.15) is 0 Å². The summed E-state index contributed by atoms with van der Waals surface area (Å²) in [5.74, 6) is 1.49. The van der Waals surface area contributed by atoms with Gasteiger partial charge in [-0.1, -0.05) is 19.1 Å². The molecule has 3 heterocycles. The van der Waals surface area contributed by atoms with Crippen LogP contribution in [0.4, 0.5) is 0 Å². The summed E-state index contributed by atoms with van der Waals surface area (Å²) >= 11 is 0. The van der Waals surface area contributed by atoms with Crippen LogP contribution in [0.1, 0.15) is 25.6 Å². The molecular weight excluding hydrogens is 442 g/mol. The zero-order chi connectivity index (χ0) is 23.4. The molecule has 9 heteroatoms. The Labute approximate surface area is 194 Å². The third kappa shape index (κ3) is 5.66. The first-order valence-corrected chi connectivity index (χ1v) is 12.9. The Morgan fingerprint density at radius 2 is 1.85 bits per heavy atom. The summed E-state index contributed by atoms with van der Waals surface area (Å²) in [4.78, 5) is 14.3. The highest BCUT2D eigenvalue weighted by Gasteiger charge is 2.20. The van der Waals surface area contributed by atoms with Crippen LogP contribution in [0.25, 0.3) is 22.0 Å². The van der Waals surface area contributed by atoms with Crippen LogP contribution in [0.3, 0.4) is 0 Å². The van der Waals surface area contributed by atoms with Crippen LogP contribution >= 0.6 is 0 Å². The Kier molecular flexibility index (Phi) is 7.21.